The molecule has 0 unspecified atom stereocenters. The summed E-state index contributed by atoms with van der Waals surface area (Å²) in [5.41, 5.74) is 1.78. The third-order valence-corrected chi connectivity index (χ3v) is 4.85. The van der Waals surface area contributed by atoms with Gasteiger partial charge >= 0.3 is 0 Å². The number of nitrogens with zero attached hydrogens (tertiary/aromatic N) is 4. The van der Waals surface area contributed by atoms with Crippen molar-refractivity contribution in [2.24, 2.45) is 0 Å². The highest BCUT2D eigenvalue weighted by Crippen LogP contribution is 2.23. The van der Waals surface area contributed by atoms with E-state index in [1.165, 1.54) is 12.8 Å². The van der Waals surface area contributed by atoms with Gasteiger partial charge in [-0.1, -0.05) is 5.16 Å². The molecule has 4 rings (SSSR count). The molecule has 1 saturated carbocycles. The van der Waals surface area contributed by atoms with Gasteiger partial charge in [0, 0.05) is 49.6 Å². The molecule has 0 aromatic carbocycles. The lowest BCUT2D eigenvalue weighted by Crippen LogP contribution is -2.23. The van der Waals surface area contributed by atoms with E-state index in [-0.39, 0.29) is 18.4 Å². The van der Waals surface area contributed by atoms with Gasteiger partial charge in [0.15, 0.2) is 0 Å². The molecule has 3 heterocycles. The predicted octanol–water partition coefficient (Wildman–Crippen LogP) is 3.10. The Labute approximate surface area is 168 Å². The van der Waals surface area contributed by atoms with Gasteiger partial charge in [-0.3, -0.25) is 9.78 Å². The van der Waals surface area contributed by atoms with E-state index >= 15 is 0 Å². The van der Waals surface area contributed by atoms with Crippen LogP contribution in [0.25, 0.3) is 11.4 Å². The van der Waals surface area contributed by atoms with E-state index in [1.54, 1.807) is 30.7 Å². The lowest BCUT2D eigenvalue weighted by atomic mass is 10.2. The first-order valence-corrected chi connectivity index (χ1v) is 9.87. The van der Waals surface area contributed by atoms with Gasteiger partial charge in [-0.2, -0.15) is 4.98 Å². The number of aromatic nitrogens is 4. The smallest absolute Gasteiger partial charge is 0.227 e. The lowest BCUT2D eigenvalue weighted by molar-refractivity contribution is -0.121. The van der Waals surface area contributed by atoms with Crippen molar-refractivity contribution in [3.8, 4) is 17.3 Å². The van der Waals surface area contributed by atoms with Crippen LogP contribution in [-0.4, -0.2) is 32.1 Å². The average Bonchev–Trinajstić information content (AvgIpc) is 3.44. The molecule has 3 aromatic rings. The molecular formula is C21H23N5O3. The van der Waals surface area contributed by atoms with Crippen molar-refractivity contribution < 1.29 is 14.1 Å². The summed E-state index contributed by atoms with van der Waals surface area (Å²) < 4.78 is 11.1. The summed E-state index contributed by atoms with van der Waals surface area (Å²) in [6.45, 7) is 0.425. The van der Waals surface area contributed by atoms with Crippen molar-refractivity contribution >= 4 is 5.91 Å². The van der Waals surface area contributed by atoms with Crippen LogP contribution in [0.2, 0.25) is 0 Å². The third-order valence-electron chi connectivity index (χ3n) is 4.85. The number of carbonyl (C=O) groups excluding carboxylic acids is 1. The summed E-state index contributed by atoms with van der Waals surface area (Å²) in [7, 11) is 0. The molecule has 0 bridgehead atoms. The van der Waals surface area contributed by atoms with Crippen molar-refractivity contribution in [1.29, 1.82) is 0 Å². The number of hydrogen-bond donors (Lipinski definition) is 1. The standard InChI is InChI=1S/C21H23N5O3/c27-18(5-6-19-25-21(26-29-19)16-8-10-22-11-9-16)24-14-15-7-12-23-20(13-15)28-17-3-1-2-4-17/h7-13,17H,1-6,14H2,(H,24,27). The maximum atomic E-state index is 12.2. The van der Waals surface area contributed by atoms with Crippen molar-refractivity contribution in [2.75, 3.05) is 0 Å². The minimum absolute atomic E-state index is 0.0799. The lowest BCUT2D eigenvalue weighted by Gasteiger charge is -2.12. The molecule has 1 amide bonds. The maximum absolute atomic E-state index is 12.2. The van der Waals surface area contributed by atoms with Crippen LogP contribution in [0, 0.1) is 0 Å². The fourth-order valence-electron chi connectivity index (χ4n) is 3.29. The monoisotopic (exact) mass is 393 g/mol. The molecule has 1 fully saturated rings. The van der Waals surface area contributed by atoms with Crippen LogP contribution in [0.1, 0.15) is 43.6 Å². The second-order valence-electron chi connectivity index (χ2n) is 7.05. The fourth-order valence-corrected chi connectivity index (χ4v) is 3.29. The largest absolute Gasteiger partial charge is 0.474 e. The van der Waals surface area contributed by atoms with Gasteiger partial charge in [0.25, 0.3) is 0 Å². The second-order valence-corrected chi connectivity index (χ2v) is 7.05. The molecule has 0 saturated heterocycles. The summed E-state index contributed by atoms with van der Waals surface area (Å²) in [4.78, 5) is 24.7. The number of nitrogens with one attached hydrogen (secondary N) is 1. The maximum Gasteiger partial charge on any atom is 0.227 e. The number of carbonyl (C=O) groups is 1. The summed E-state index contributed by atoms with van der Waals surface area (Å²) >= 11 is 0. The first-order valence-electron chi connectivity index (χ1n) is 9.87. The van der Waals surface area contributed by atoms with Crippen LogP contribution < -0.4 is 10.1 Å². The molecule has 1 N–H and O–H groups in total. The average molecular weight is 393 g/mol. The van der Waals surface area contributed by atoms with E-state index < -0.39 is 0 Å². The van der Waals surface area contributed by atoms with Crippen molar-refractivity contribution in [1.82, 2.24) is 25.4 Å². The zero-order valence-corrected chi connectivity index (χ0v) is 16.1. The minimum atomic E-state index is -0.0799. The number of aryl methyl sites for hydroxylation is 1. The van der Waals surface area contributed by atoms with E-state index in [2.05, 4.69) is 25.4 Å². The van der Waals surface area contributed by atoms with Gasteiger partial charge in [0.1, 0.15) is 6.10 Å². The van der Waals surface area contributed by atoms with Gasteiger partial charge in [-0.05, 0) is 49.4 Å². The molecule has 1 aliphatic carbocycles. The van der Waals surface area contributed by atoms with E-state index in [0.717, 1.165) is 24.0 Å². The molecule has 29 heavy (non-hydrogen) atoms. The van der Waals surface area contributed by atoms with Gasteiger partial charge in [0.2, 0.25) is 23.5 Å². The quantitative estimate of drug-likeness (QED) is 0.627. The Bertz CT molecular complexity index is 938. The second kappa shape index (κ2) is 9.27. The van der Waals surface area contributed by atoms with Crippen molar-refractivity contribution in [3.63, 3.8) is 0 Å². The summed E-state index contributed by atoms with van der Waals surface area (Å²) in [5, 5.41) is 6.85. The van der Waals surface area contributed by atoms with E-state index in [0.29, 0.717) is 30.6 Å². The predicted molar refractivity (Wildman–Crippen MR) is 105 cm³/mol. The van der Waals surface area contributed by atoms with Crippen LogP contribution in [0.15, 0.2) is 47.4 Å². The first-order chi connectivity index (χ1) is 14.3. The molecule has 0 atom stereocenters. The van der Waals surface area contributed by atoms with Gasteiger partial charge in [-0.15, -0.1) is 0 Å². The highest BCUT2D eigenvalue weighted by Gasteiger charge is 2.17. The molecule has 0 radical (unpaired) electrons. The van der Waals surface area contributed by atoms with Crippen molar-refractivity contribution in [3.05, 3.63) is 54.3 Å². The van der Waals surface area contributed by atoms with Crippen LogP contribution in [0.3, 0.4) is 0 Å². The van der Waals surface area contributed by atoms with Crippen LogP contribution in [0.5, 0.6) is 5.88 Å². The Hall–Kier alpha value is -3.29. The molecule has 8 heteroatoms. The number of pyridine rings is 2. The van der Waals surface area contributed by atoms with Crippen molar-refractivity contribution in [2.45, 2.75) is 51.2 Å². The van der Waals surface area contributed by atoms with Crippen LogP contribution in [0.4, 0.5) is 0 Å². The molecule has 0 spiro atoms. The topological polar surface area (TPSA) is 103 Å². The summed E-state index contributed by atoms with van der Waals surface area (Å²) in [6, 6.07) is 7.37. The van der Waals surface area contributed by atoms with Gasteiger partial charge in [-0.25, -0.2) is 4.98 Å². The first kappa shape index (κ1) is 19.0. The van der Waals surface area contributed by atoms with E-state index in [9.17, 15) is 4.79 Å². The Morgan fingerprint density at radius 3 is 2.83 bits per heavy atom. The third kappa shape index (κ3) is 5.37. The van der Waals surface area contributed by atoms with Gasteiger partial charge in [0.05, 0.1) is 0 Å². The summed E-state index contributed by atoms with van der Waals surface area (Å²) in [6.07, 6.45) is 10.6. The van der Waals surface area contributed by atoms with Gasteiger partial charge < -0.3 is 14.6 Å². The highest BCUT2D eigenvalue weighted by molar-refractivity contribution is 5.76. The minimum Gasteiger partial charge on any atom is -0.474 e. The molecular weight excluding hydrogens is 370 g/mol. The molecule has 8 nitrogen and oxygen atoms in total. The molecule has 0 aliphatic heterocycles. The summed E-state index contributed by atoms with van der Waals surface area (Å²) in [5.74, 6) is 1.47. The van der Waals surface area contributed by atoms with Crippen LogP contribution >= 0.6 is 0 Å². The Morgan fingerprint density at radius 2 is 2.00 bits per heavy atom. The Balaban J connectivity index is 1.24. The fraction of sp³-hybridized carbons (Fsp3) is 0.381. The normalized spacial score (nSPS) is 14.1. The number of hydrogen-bond acceptors (Lipinski definition) is 7. The number of rotatable bonds is 8. The molecule has 3 aromatic heterocycles. The Kier molecular flexibility index (Phi) is 6.09. The molecule has 1 aliphatic rings. The SMILES string of the molecule is O=C(CCc1nc(-c2ccncc2)no1)NCc1ccnc(OC2CCCC2)c1. The highest BCUT2D eigenvalue weighted by atomic mass is 16.5. The Morgan fingerprint density at radius 1 is 1.17 bits per heavy atom. The van der Waals surface area contributed by atoms with Crippen LogP contribution in [-0.2, 0) is 17.8 Å². The van der Waals surface area contributed by atoms with E-state index in [4.69, 9.17) is 9.26 Å². The number of amides is 1. The zero-order chi connectivity index (χ0) is 19.9. The zero-order valence-electron chi connectivity index (χ0n) is 16.1. The molecule has 150 valence electrons. The number of ether oxygens (including phenoxy) is 1. The van der Waals surface area contributed by atoms with E-state index in [1.807, 2.05) is 12.1 Å².